The summed E-state index contributed by atoms with van der Waals surface area (Å²) < 4.78 is 15.9. The van der Waals surface area contributed by atoms with Gasteiger partial charge in [0.2, 0.25) is 5.90 Å². The molecular formula is C24H17NO5. The normalized spacial score (nSPS) is 14.2. The molecule has 0 atom stereocenters. The SMILES string of the molecule is COc1ccc(C(=O)Oc2ccccc2C=C2N=C(c3ccccc3)OC2=O)cc1. The van der Waals surface area contributed by atoms with Crippen LogP contribution in [0.1, 0.15) is 21.5 Å². The van der Waals surface area contributed by atoms with Crippen LogP contribution in [-0.2, 0) is 9.53 Å². The van der Waals surface area contributed by atoms with Crippen molar-refractivity contribution in [1.29, 1.82) is 0 Å². The number of ether oxygens (including phenoxy) is 3. The number of para-hydroxylation sites is 1. The summed E-state index contributed by atoms with van der Waals surface area (Å²) in [6.45, 7) is 0. The Labute approximate surface area is 173 Å². The number of methoxy groups -OCH3 is 1. The number of hydrogen-bond acceptors (Lipinski definition) is 6. The first kappa shape index (κ1) is 19.1. The summed E-state index contributed by atoms with van der Waals surface area (Å²) in [7, 11) is 1.55. The van der Waals surface area contributed by atoms with Crippen LogP contribution in [0.2, 0.25) is 0 Å². The number of cyclic esters (lactones) is 1. The van der Waals surface area contributed by atoms with E-state index < -0.39 is 11.9 Å². The molecule has 148 valence electrons. The Morgan fingerprint density at radius 1 is 0.933 bits per heavy atom. The molecule has 3 aromatic rings. The second-order valence-corrected chi connectivity index (χ2v) is 6.36. The third-order valence-electron chi connectivity index (χ3n) is 4.38. The van der Waals surface area contributed by atoms with Crippen LogP contribution in [0.5, 0.6) is 11.5 Å². The highest BCUT2D eigenvalue weighted by Crippen LogP contribution is 2.25. The van der Waals surface area contributed by atoms with Gasteiger partial charge in [-0.1, -0.05) is 36.4 Å². The van der Waals surface area contributed by atoms with Crippen molar-refractivity contribution in [3.63, 3.8) is 0 Å². The van der Waals surface area contributed by atoms with Crippen LogP contribution >= 0.6 is 0 Å². The highest BCUT2D eigenvalue weighted by Gasteiger charge is 2.24. The third-order valence-corrected chi connectivity index (χ3v) is 4.38. The number of hydrogen-bond donors (Lipinski definition) is 0. The van der Waals surface area contributed by atoms with Crippen LogP contribution in [0, 0.1) is 0 Å². The minimum absolute atomic E-state index is 0.127. The van der Waals surface area contributed by atoms with Crippen molar-refractivity contribution in [3.05, 3.63) is 101 Å². The van der Waals surface area contributed by atoms with Gasteiger partial charge in [0.15, 0.2) is 5.70 Å². The first-order chi connectivity index (χ1) is 14.6. The lowest BCUT2D eigenvalue weighted by molar-refractivity contribution is -0.129. The van der Waals surface area contributed by atoms with Crippen LogP contribution in [0.4, 0.5) is 0 Å². The fourth-order valence-corrected chi connectivity index (χ4v) is 2.84. The molecule has 3 aromatic carbocycles. The Morgan fingerprint density at radius 2 is 1.63 bits per heavy atom. The standard InChI is InChI=1S/C24H17NO5/c1-28-19-13-11-17(12-14-19)23(26)29-21-10-6-5-9-18(21)15-20-24(27)30-22(25-20)16-7-3-2-4-8-16/h2-15H,1H3. The number of benzene rings is 3. The van der Waals surface area contributed by atoms with Crippen molar-refractivity contribution in [2.75, 3.05) is 7.11 Å². The van der Waals surface area contributed by atoms with Crippen LogP contribution in [0.25, 0.3) is 6.08 Å². The summed E-state index contributed by atoms with van der Waals surface area (Å²) in [6, 6.07) is 22.6. The van der Waals surface area contributed by atoms with E-state index in [-0.39, 0.29) is 11.6 Å². The minimum atomic E-state index is -0.565. The Bertz CT molecular complexity index is 1150. The van der Waals surface area contributed by atoms with Crippen LogP contribution < -0.4 is 9.47 Å². The first-order valence-electron chi connectivity index (χ1n) is 9.17. The molecule has 0 unspecified atom stereocenters. The first-order valence-corrected chi connectivity index (χ1v) is 9.17. The van der Waals surface area contributed by atoms with Crippen molar-refractivity contribution in [3.8, 4) is 11.5 Å². The fraction of sp³-hybridized carbons (Fsp3) is 0.0417. The van der Waals surface area contributed by atoms with Gasteiger partial charge in [0, 0.05) is 11.1 Å². The average Bonchev–Trinajstić information content (AvgIpc) is 3.16. The molecule has 6 nitrogen and oxygen atoms in total. The van der Waals surface area contributed by atoms with Gasteiger partial charge in [-0.05, 0) is 48.5 Å². The molecule has 0 saturated heterocycles. The van der Waals surface area contributed by atoms with E-state index in [1.165, 1.54) is 6.08 Å². The van der Waals surface area contributed by atoms with Crippen molar-refractivity contribution in [2.45, 2.75) is 0 Å². The molecule has 30 heavy (non-hydrogen) atoms. The third kappa shape index (κ3) is 4.12. The zero-order valence-corrected chi connectivity index (χ0v) is 16.1. The lowest BCUT2D eigenvalue weighted by Crippen LogP contribution is -2.09. The van der Waals surface area contributed by atoms with E-state index in [9.17, 15) is 9.59 Å². The van der Waals surface area contributed by atoms with Crippen LogP contribution in [0.3, 0.4) is 0 Å². The summed E-state index contributed by atoms with van der Waals surface area (Å²) in [5.74, 6) is 0.0983. The second-order valence-electron chi connectivity index (χ2n) is 6.36. The number of esters is 2. The van der Waals surface area contributed by atoms with Gasteiger partial charge >= 0.3 is 11.9 Å². The Hall–Kier alpha value is -4.19. The highest BCUT2D eigenvalue weighted by atomic mass is 16.6. The van der Waals surface area contributed by atoms with Gasteiger partial charge in [0.05, 0.1) is 12.7 Å². The molecule has 4 rings (SSSR count). The van der Waals surface area contributed by atoms with Crippen molar-refractivity contribution < 1.29 is 23.8 Å². The molecule has 0 spiro atoms. The van der Waals surface area contributed by atoms with Crippen molar-refractivity contribution in [2.24, 2.45) is 4.99 Å². The predicted octanol–water partition coefficient (Wildman–Crippen LogP) is 4.26. The average molecular weight is 399 g/mol. The summed E-state index contributed by atoms with van der Waals surface area (Å²) >= 11 is 0. The predicted molar refractivity (Wildman–Crippen MR) is 111 cm³/mol. The molecule has 1 aliphatic rings. The molecule has 0 saturated carbocycles. The summed E-state index contributed by atoms with van der Waals surface area (Å²) in [6.07, 6.45) is 1.54. The number of carbonyl (C=O) groups is 2. The van der Waals surface area contributed by atoms with Gasteiger partial charge in [-0.15, -0.1) is 0 Å². The fourth-order valence-electron chi connectivity index (χ4n) is 2.84. The lowest BCUT2D eigenvalue weighted by Gasteiger charge is -2.08. The Kier molecular flexibility index (Phi) is 5.39. The summed E-state index contributed by atoms with van der Waals surface area (Å²) in [5, 5.41) is 0. The van der Waals surface area contributed by atoms with E-state index in [1.807, 2.05) is 18.2 Å². The Morgan fingerprint density at radius 3 is 2.37 bits per heavy atom. The van der Waals surface area contributed by atoms with Gasteiger partial charge in [-0.3, -0.25) is 0 Å². The van der Waals surface area contributed by atoms with Crippen LogP contribution in [0.15, 0.2) is 89.6 Å². The number of rotatable bonds is 5. The Balaban J connectivity index is 1.59. The van der Waals surface area contributed by atoms with Gasteiger partial charge in [0.25, 0.3) is 0 Å². The van der Waals surface area contributed by atoms with E-state index in [4.69, 9.17) is 14.2 Å². The van der Waals surface area contributed by atoms with E-state index in [2.05, 4.69) is 4.99 Å². The number of nitrogens with zero attached hydrogens (tertiary/aromatic N) is 1. The largest absolute Gasteiger partial charge is 0.497 e. The van der Waals surface area contributed by atoms with E-state index >= 15 is 0 Å². The smallest absolute Gasteiger partial charge is 0.363 e. The summed E-state index contributed by atoms with van der Waals surface area (Å²) in [4.78, 5) is 29.0. The molecule has 0 aliphatic carbocycles. The van der Waals surface area contributed by atoms with Gasteiger partial charge in [-0.25, -0.2) is 14.6 Å². The monoisotopic (exact) mass is 399 g/mol. The second kappa shape index (κ2) is 8.45. The number of carbonyl (C=O) groups excluding carboxylic acids is 2. The molecule has 0 bridgehead atoms. The maximum Gasteiger partial charge on any atom is 0.363 e. The zero-order valence-electron chi connectivity index (χ0n) is 16.1. The maximum atomic E-state index is 12.5. The highest BCUT2D eigenvalue weighted by molar-refractivity contribution is 6.13. The van der Waals surface area contributed by atoms with Crippen molar-refractivity contribution in [1.82, 2.24) is 0 Å². The molecule has 1 aliphatic heterocycles. The van der Waals surface area contributed by atoms with Crippen molar-refractivity contribution >= 4 is 23.9 Å². The summed E-state index contributed by atoms with van der Waals surface area (Å²) in [5.41, 5.74) is 1.74. The maximum absolute atomic E-state index is 12.5. The zero-order chi connectivity index (χ0) is 20.9. The van der Waals surface area contributed by atoms with Gasteiger partial charge in [-0.2, -0.15) is 0 Å². The molecule has 0 fully saturated rings. The van der Waals surface area contributed by atoms with Crippen LogP contribution in [-0.4, -0.2) is 24.9 Å². The van der Waals surface area contributed by atoms with Gasteiger partial charge in [0.1, 0.15) is 11.5 Å². The lowest BCUT2D eigenvalue weighted by atomic mass is 10.1. The molecular weight excluding hydrogens is 382 g/mol. The van der Waals surface area contributed by atoms with E-state index in [0.29, 0.717) is 28.2 Å². The molecule has 6 heteroatoms. The minimum Gasteiger partial charge on any atom is -0.497 e. The molecule has 0 aromatic heterocycles. The van der Waals surface area contributed by atoms with E-state index in [0.717, 1.165) is 0 Å². The topological polar surface area (TPSA) is 74.2 Å². The quantitative estimate of drug-likeness (QED) is 0.364. The molecule has 0 radical (unpaired) electrons. The molecule has 0 amide bonds. The molecule has 1 heterocycles. The number of aliphatic imine (C=N–C) groups is 1. The molecule has 0 N–H and O–H groups in total. The van der Waals surface area contributed by atoms with Gasteiger partial charge < -0.3 is 14.2 Å². The van der Waals surface area contributed by atoms with E-state index in [1.54, 1.807) is 67.8 Å².